The van der Waals surface area contributed by atoms with E-state index in [1.54, 1.807) is 39.0 Å². The number of carboxylic acid groups (broad SMARTS) is 1. The molecule has 0 radical (unpaired) electrons. The van der Waals surface area contributed by atoms with Crippen molar-refractivity contribution in [3.05, 3.63) is 29.3 Å². The molecule has 3 aliphatic rings. The predicted molar refractivity (Wildman–Crippen MR) is 250 cm³/mol. The summed E-state index contributed by atoms with van der Waals surface area (Å²) in [7, 11) is 1.82. The van der Waals surface area contributed by atoms with Crippen LogP contribution in [0.2, 0.25) is 0 Å². The molecule has 0 spiro atoms. The number of aliphatic hydroxyl groups is 1. The molecule has 0 aromatic carbocycles. The number of anilines is 1. The minimum absolute atomic E-state index is 0.0107. The van der Waals surface area contributed by atoms with Crippen LogP contribution in [0.15, 0.2) is 28.6 Å². The second-order valence-electron chi connectivity index (χ2n) is 19.3. The molecule has 2 bridgehead atoms. The summed E-state index contributed by atoms with van der Waals surface area (Å²) in [5, 5.41) is 33.8. The third-order valence-corrected chi connectivity index (χ3v) is 14.8. The third-order valence-electron chi connectivity index (χ3n) is 13.9. The van der Waals surface area contributed by atoms with Crippen molar-refractivity contribution >= 4 is 52.2 Å². The summed E-state index contributed by atoms with van der Waals surface area (Å²) >= 11 is 1.35. The van der Waals surface area contributed by atoms with Crippen LogP contribution >= 0.6 is 11.3 Å². The minimum atomic E-state index is -3.22. The number of aliphatic carboxylic acids is 1. The van der Waals surface area contributed by atoms with E-state index in [-0.39, 0.29) is 82.6 Å². The van der Waals surface area contributed by atoms with Crippen molar-refractivity contribution in [1.82, 2.24) is 14.9 Å². The maximum atomic E-state index is 17.2. The first-order valence-corrected chi connectivity index (χ1v) is 24.3. The zero-order valence-electron chi connectivity index (χ0n) is 40.6. The van der Waals surface area contributed by atoms with E-state index in [4.69, 9.17) is 39.4 Å². The zero-order valence-corrected chi connectivity index (χ0v) is 41.4. The highest BCUT2D eigenvalue weighted by molar-refractivity contribution is 7.13. The van der Waals surface area contributed by atoms with Crippen molar-refractivity contribution < 1.29 is 57.5 Å². The molecule has 2 unspecified atom stereocenters. The Morgan fingerprint density at radius 1 is 1.12 bits per heavy atom. The molecule has 13 atom stereocenters. The van der Waals surface area contributed by atoms with E-state index in [1.807, 2.05) is 38.1 Å². The first-order valence-electron chi connectivity index (χ1n) is 23.4. The second kappa shape index (κ2) is 22.5. The first kappa shape index (κ1) is 53.8. The van der Waals surface area contributed by atoms with Crippen molar-refractivity contribution in [2.24, 2.45) is 28.7 Å². The molecule has 17 nitrogen and oxygen atoms in total. The number of Topliss-reactive ketones (excluding diaryl/α,β-unsaturated/α-hetero) is 1. The fourth-order valence-corrected chi connectivity index (χ4v) is 10.8. The lowest BCUT2D eigenvalue weighted by Gasteiger charge is -2.47. The van der Waals surface area contributed by atoms with E-state index >= 15 is 4.39 Å². The second-order valence-corrected chi connectivity index (χ2v) is 20.1. The normalized spacial score (nSPS) is 35.6. The number of nitrogen functional groups attached to an aromatic ring is 1. The highest BCUT2D eigenvalue weighted by atomic mass is 32.1. The number of alkyl halides is 1. The van der Waals surface area contributed by atoms with Gasteiger partial charge in [-0.15, -0.1) is 11.3 Å². The summed E-state index contributed by atoms with van der Waals surface area (Å²) in [6.07, 6.45) is -3.99. The van der Waals surface area contributed by atoms with Gasteiger partial charge in [-0.2, -0.15) is 0 Å². The number of carboxylic acids is 1. The number of nitrogens with one attached hydrogen (secondary N) is 1. The number of rotatable bonds is 12. The fourth-order valence-electron chi connectivity index (χ4n) is 10.0. The van der Waals surface area contributed by atoms with Crippen LogP contribution in [-0.2, 0) is 49.5 Å². The number of carbonyl (C=O) groups is 4. The van der Waals surface area contributed by atoms with Gasteiger partial charge in [0.2, 0.25) is 5.91 Å². The summed E-state index contributed by atoms with van der Waals surface area (Å²) in [6.45, 7) is 14.4. The van der Waals surface area contributed by atoms with Gasteiger partial charge in [-0.1, -0.05) is 40.7 Å². The molecule has 2 aromatic rings. The maximum Gasteiger partial charge on any atom is 0.351 e. The van der Waals surface area contributed by atoms with Crippen LogP contribution < -0.4 is 5.73 Å². The van der Waals surface area contributed by atoms with E-state index in [1.165, 1.54) is 25.2 Å². The molecule has 3 fully saturated rings. The van der Waals surface area contributed by atoms with Gasteiger partial charge in [-0.25, -0.2) is 24.1 Å². The number of nitrogens with zero attached hydrogens (tertiary/aromatic N) is 4. The number of aromatic nitrogens is 2. The topological polar surface area (TPSA) is 246 Å². The number of hydrogen-bond acceptors (Lipinski definition) is 16. The minimum Gasteiger partial charge on any atom is -0.481 e. The summed E-state index contributed by atoms with van der Waals surface area (Å²) in [6, 6.07) is 5.07. The third kappa shape index (κ3) is 13.0. The van der Waals surface area contributed by atoms with Gasteiger partial charge in [0.1, 0.15) is 28.2 Å². The van der Waals surface area contributed by atoms with Crippen molar-refractivity contribution in [2.75, 3.05) is 25.9 Å². The van der Waals surface area contributed by atoms with Crippen LogP contribution in [0.4, 0.5) is 10.2 Å². The number of cyclic esters (lactones) is 1. The number of hydrogen-bond donors (Lipinski definition) is 4. The van der Waals surface area contributed by atoms with Crippen LogP contribution in [0.3, 0.4) is 0 Å². The zero-order chi connectivity index (χ0) is 49.6. The van der Waals surface area contributed by atoms with Gasteiger partial charge in [0.25, 0.3) is 5.67 Å². The van der Waals surface area contributed by atoms with E-state index in [0.717, 1.165) is 6.92 Å². The SMILES string of the molecule is CCC(=O)/N=C1\[C@H](C)C[C@@]2(C)OCC(=N)CC[C@H]([C@@H](C)[C@H]1OCc1csc(-c3cccc(N)n3)n1)C(C)(O)[C@@H](CC)OC(=O)[C@@](C)(F)C(=O)C(C)[C@H]2O[C@H]1C[C@@H](N(C)CCC(=O)O)C[C@@H](C)O1. The van der Waals surface area contributed by atoms with Crippen molar-refractivity contribution in [1.29, 1.82) is 5.41 Å². The number of thiazole rings is 1. The standard InChI is InChI=1S/C48H71FN6O11S/c1-11-35-48(9,61)33-17-16-30(50)23-63-46(7,43(29(6)42(59)47(8,49)45(60)65-35)66-39-21-32(20-27(4)64-39)55(10)19-18-38(57)58)22-26(3)40(54-37(56)12-2)41(28(33)5)62-24-31-25-67-44(52-31)34-14-13-15-36(51)53-34/h13-15,25-29,32-33,35,39,41,43,50,61H,11-12,16-24H2,1-10H3,(H2,51,53)(H,57,58)/b50-30?,54-40+/t26-,27-,28-,29?,32+,33-,35-,39+,41-,43-,46-,47+,48?/m1/s1. The molecule has 5 N–H and O–H groups in total. The number of amides is 1. The Labute approximate surface area is 397 Å². The number of carbonyl (C=O) groups excluding carboxylic acids is 3. The summed E-state index contributed by atoms with van der Waals surface area (Å²) < 4.78 is 49.9. The number of nitrogens with two attached hydrogens (primary N) is 1. The van der Waals surface area contributed by atoms with Gasteiger partial charge in [0, 0.05) is 48.4 Å². The van der Waals surface area contributed by atoms with E-state index < -0.39 is 88.8 Å². The summed E-state index contributed by atoms with van der Waals surface area (Å²) in [4.78, 5) is 69.7. The van der Waals surface area contributed by atoms with Crippen molar-refractivity contribution in [3.8, 4) is 10.7 Å². The Morgan fingerprint density at radius 3 is 2.49 bits per heavy atom. The van der Waals surface area contributed by atoms with Crippen LogP contribution in [0, 0.1) is 29.1 Å². The molecule has 5 rings (SSSR count). The van der Waals surface area contributed by atoms with Gasteiger partial charge < -0.3 is 49.9 Å². The van der Waals surface area contributed by atoms with E-state index in [9.17, 15) is 34.8 Å². The lowest BCUT2D eigenvalue weighted by Crippen LogP contribution is -2.58. The first-order chi connectivity index (χ1) is 31.4. The Morgan fingerprint density at radius 2 is 1.84 bits per heavy atom. The predicted octanol–water partition coefficient (Wildman–Crippen LogP) is 6.62. The molecule has 3 saturated heterocycles. The van der Waals surface area contributed by atoms with Crippen LogP contribution in [0.5, 0.6) is 0 Å². The Kier molecular flexibility index (Phi) is 18.1. The number of ether oxygens (including phenoxy) is 5. The van der Waals surface area contributed by atoms with Gasteiger partial charge in [-0.3, -0.25) is 14.4 Å². The van der Waals surface area contributed by atoms with Crippen LogP contribution in [0.25, 0.3) is 10.7 Å². The molecule has 372 valence electrons. The molecule has 3 aliphatic heterocycles. The smallest absolute Gasteiger partial charge is 0.351 e. The van der Waals surface area contributed by atoms with Crippen molar-refractivity contribution in [3.63, 3.8) is 0 Å². The van der Waals surface area contributed by atoms with Crippen LogP contribution in [0.1, 0.15) is 119 Å². The fraction of sp³-hybridized carbons (Fsp3) is 0.708. The Bertz CT molecular complexity index is 2120. The van der Waals surface area contributed by atoms with Gasteiger partial charge in [-0.05, 0) is 90.8 Å². The number of ketones is 1. The quantitative estimate of drug-likeness (QED) is 0.129. The molecule has 1 amide bonds. The highest BCUT2D eigenvalue weighted by Crippen LogP contribution is 2.43. The summed E-state index contributed by atoms with van der Waals surface area (Å²) in [5.74, 6) is -7.30. The monoisotopic (exact) mass is 958 g/mol. The van der Waals surface area contributed by atoms with Gasteiger partial charge >= 0.3 is 11.9 Å². The van der Waals surface area contributed by atoms with Gasteiger partial charge in [0.05, 0.1) is 55.0 Å². The van der Waals surface area contributed by atoms with E-state index in [2.05, 4.69) is 4.98 Å². The number of esters is 1. The number of pyridine rings is 1. The largest absolute Gasteiger partial charge is 0.481 e. The molecular weight excluding hydrogens is 888 g/mol. The average molecular weight is 959 g/mol. The molecule has 5 heterocycles. The molecular formula is C48H71FN6O11S. The molecule has 2 aromatic heterocycles. The maximum absolute atomic E-state index is 17.2. The summed E-state index contributed by atoms with van der Waals surface area (Å²) in [5.41, 5.74) is 0.913. The molecule has 67 heavy (non-hydrogen) atoms. The lowest BCUT2D eigenvalue weighted by molar-refractivity contribution is -0.264. The molecule has 19 heteroatoms. The number of aliphatic imine (C=N–C) groups is 1. The van der Waals surface area contributed by atoms with E-state index in [0.29, 0.717) is 34.3 Å². The number of fused-ring (bicyclic) bond motifs is 6. The molecule has 0 saturated carbocycles. The highest BCUT2D eigenvalue weighted by Gasteiger charge is 2.56. The lowest BCUT2D eigenvalue weighted by atomic mass is 9.69. The Balaban J connectivity index is 1.69. The number of halogens is 1. The molecule has 0 aliphatic carbocycles. The van der Waals surface area contributed by atoms with Crippen molar-refractivity contribution in [2.45, 2.75) is 174 Å². The van der Waals surface area contributed by atoms with Crippen LogP contribution in [-0.4, -0.2) is 134 Å². The van der Waals surface area contributed by atoms with Gasteiger partial charge in [0.15, 0.2) is 12.1 Å². The Hall–Kier alpha value is -4.11. The average Bonchev–Trinajstić information content (AvgIpc) is 3.75.